The summed E-state index contributed by atoms with van der Waals surface area (Å²) in [4.78, 5) is 13.4. The maximum atomic E-state index is 13.4. The van der Waals surface area contributed by atoms with E-state index in [2.05, 4.69) is 0 Å². The van der Waals surface area contributed by atoms with Gasteiger partial charge in [0.15, 0.2) is 17.3 Å². The summed E-state index contributed by atoms with van der Waals surface area (Å²) < 4.78 is 5.93. The van der Waals surface area contributed by atoms with Gasteiger partial charge in [0, 0.05) is 17.9 Å². The fourth-order valence-electron chi connectivity index (χ4n) is 4.34. The van der Waals surface area contributed by atoms with Crippen molar-refractivity contribution in [2.45, 2.75) is 65.3 Å². The van der Waals surface area contributed by atoms with Gasteiger partial charge in [-0.3, -0.25) is 4.79 Å². The first-order valence-electron chi connectivity index (χ1n) is 10.7. The highest BCUT2D eigenvalue weighted by Gasteiger charge is 2.50. The van der Waals surface area contributed by atoms with Crippen molar-refractivity contribution >= 4 is 11.4 Å². The Balaban J connectivity index is 1.96. The third-order valence-electron chi connectivity index (χ3n) is 6.09. The molecular formula is C25H32O6. The molecule has 0 amide bonds. The molecule has 2 aliphatic rings. The largest absolute Gasteiger partial charge is 0.504 e. The van der Waals surface area contributed by atoms with Crippen LogP contribution in [0.4, 0.5) is 0 Å². The summed E-state index contributed by atoms with van der Waals surface area (Å²) in [6.07, 6.45) is 3.95. The van der Waals surface area contributed by atoms with Crippen LogP contribution in [-0.4, -0.2) is 44.5 Å². The molecule has 1 saturated carbocycles. The van der Waals surface area contributed by atoms with Crippen LogP contribution in [0.3, 0.4) is 0 Å². The van der Waals surface area contributed by atoms with E-state index in [4.69, 9.17) is 4.74 Å². The number of carbonyl (C=O) groups is 1. The number of ether oxygens (including phenoxy) is 1. The molecule has 1 aliphatic heterocycles. The Morgan fingerprint density at radius 2 is 1.74 bits per heavy atom. The number of phenolic OH excluding ortho intramolecular Hbond substituents is 2. The Morgan fingerprint density at radius 3 is 2.39 bits per heavy atom. The van der Waals surface area contributed by atoms with E-state index in [9.17, 15) is 25.2 Å². The molecule has 0 spiro atoms. The number of hydrogen-bond acceptors (Lipinski definition) is 6. The summed E-state index contributed by atoms with van der Waals surface area (Å²) >= 11 is 0. The molecule has 1 aromatic carbocycles. The predicted octanol–water partition coefficient (Wildman–Crippen LogP) is 3.63. The van der Waals surface area contributed by atoms with Crippen LogP contribution in [0.2, 0.25) is 0 Å². The van der Waals surface area contributed by atoms with Crippen molar-refractivity contribution in [2.75, 3.05) is 0 Å². The van der Waals surface area contributed by atoms with Crippen molar-refractivity contribution < 1.29 is 30.0 Å². The average molecular weight is 429 g/mol. The fraction of sp³-hybridized carbons (Fsp3) is 0.480. The van der Waals surface area contributed by atoms with Gasteiger partial charge in [0.2, 0.25) is 0 Å². The Hall–Kier alpha value is -2.57. The predicted molar refractivity (Wildman–Crippen MR) is 118 cm³/mol. The quantitative estimate of drug-likeness (QED) is 0.421. The number of ketones is 1. The van der Waals surface area contributed by atoms with Crippen LogP contribution in [0.15, 0.2) is 41.7 Å². The van der Waals surface area contributed by atoms with E-state index in [-0.39, 0.29) is 35.2 Å². The number of rotatable bonds is 5. The summed E-state index contributed by atoms with van der Waals surface area (Å²) in [7, 11) is 0. The molecule has 1 heterocycles. The van der Waals surface area contributed by atoms with Crippen LogP contribution in [-0.2, 0) is 16.0 Å². The normalized spacial score (nSPS) is 27.6. The lowest BCUT2D eigenvalue weighted by Gasteiger charge is -2.44. The second-order valence-corrected chi connectivity index (χ2v) is 9.06. The number of carbonyl (C=O) groups excluding carboxylic acids is 1. The second-order valence-electron chi connectivity index (χ2n) is 9.06. The molecule has 0 aromatic heterocycles. The third kappa shape index (κ3) is 4.86. The van der Waals surface area contributed by atoms with Crippen LogP contribution in [0.1, 0.15) is 51.7 Å². The number of allylic oxidation sites excluding steroid dienone is 5. The van der Waals surface area contributed by atoms with Crippen molar-refractivity contribution in [1.82, 2.24) is 0 Å². The van der Waals surface area contributed by atoms with Crippen LogP contribution >= 0.6 is 0 Å². The molecule has 4 N–H and O–H groups in total. The first kappa shape index (κ1) is 23.1. The van der Waals surface area contributed by atoms with Crippen LogP contribution < -0.4 is 0 Å². The summed E-state index contributed by atoms with van der Waals surface area (Å²) in [5.74, 6) is -1.91. The van der Waals surface area contributed by atoms with E-state index in [1.54, 1.807) is 6.07 Å². The molecular weight excluding hydrogens is 396 g/mol. The molecule has 168 valence electrons. The molecule has 1 aliphatic carbocycles. The second kappa shape index (κ2) is 9.28. The Bertz CT molecular complexity index is 934. The van der Waals surface area contributed by atoms with Gasteiger partial charge in [-0.15, -0.1) is 0 Å². The van der Waals surface area contributed by atoms with E-state index >= 15 is 0 Å². The highest BCUT2D eigenvalue weighted by atomic mass is 16.5. The third-order valence-corrected chi connectivity index (χ3v) is 6.09. The van der Waals surface area contributed by atoms with Gasteiger partial charge < -0.3 is 25.2 Å². The zero-order chi connectivity index (χ0) is 22.9. The maximum Gasteiger partial charge on any atom is 0.175 e. The van der Waals surface area contributed by atoms with Gasteiger partial charge in [-0.2, -0.15) is 0 Å². The fourth-order valence-corrected chi connectivity index (χ4v) is 4.34. The average Bonchev–Trinajstić information content (AvgIpc) is 2.68. The number of aliphatic hydroxyl groups excluding tert-OH is 2. The molecule has 0 bridgehead atoms. The molecule has 0 saturated heterocycles. The van der Waals surface area contributed by atoms with Gasteiger partial charge in [0.1, 0.15) is 6.10 Å². The van der Waals surface area contributed by atoms with E-state index < -0.39 is 24.2 Å². The standard InChI is InChI=1S/C25H32O6/c1-13(2)5-7-15-9-16(10-21(28)23(15)29)18-12-31-25-17(8-6-14(3)4)19(26)11-20(27)22(25)24(18)30/h5-6,9-10,12,17,19-20,22,25-29H,7-8,11H2,1-4H3. The van der Waals surface area contributed by atoms with Crippen LogP contribution in [0.5, 0.6) is 11.5 Å². The molecule has 1 aromatic rings. The van der Waals surface area contributed by atoms with E-state index in [1.807, 2.05) is 39.8 Å². The van der Waals surface area contributed by atoms with Crippen molar-refractivity contribution in [1.29, 1.82) is 0 Å². The lowest BCUT2D eigenvalue weighted by atomic mass is 9.69. The van der Waals surface area contributed by atoms with Crippen molar-refractivity contribution in [2.24, 2.45) is 11.8 Å². The first-order chi connectivity index (χ1) is 14.6. The monoisotopic (exact) mass is 428 g/mol. The number of aromatic hydroxyl groups is 2. The van der Waals surface area contributed by atoms with Gasteiger partial charge in [0.25, 0.3) is 0 Å². The lowest BCUT2D eigenvalue weighted by Crippen LogP contribution is -2.54. The number of fused-ring (bicyclic) bond motifs is 1. The maximum absolute atomic E-state index is 13.4. The number of hydrogen-bond donors (Lipinski definition) is 4. The highest BCUT2D eigenvalue weighted by molar-refractivity contribution is 6.22. The van der Waals surface area contributed by atoms with Gasteiger partial charge >= 0.3 is 0 Å². The van der Waals surface area contributed by atoms with E-state index in [0.717, 1.165) is 11.1 Å². The summed E-state index contributed by atoms with van der Waals surface area (Å²) in [6, 6.07) is 2.99. The van der Waals surface area contributed by atoms with Crippen LogP contribution in [0.25, 0.3) is 5.57 Å². The minimum Gasteiger partial charge on any atom is -0.504 e. The molecule has 5 atom stereocenters. The molecule has 1 fully saturated rings. The lowest BCUT2D eigenvalue weighted by molar-refractivity contribution is -0.148. The molecule has 6 nitrogen and oxygen atoms in total. The zero-order valence-electron chi connectivity index (χ0n) is 18.5. The van der Waals surface area contributed by atoms with Gasteiger partial charge in [-0.1, -0.05) is 23.3 Å². The number of phenols is 2. The smallest absolute Gasteiger partial charge is 0.175 e. The van der Waals surface area contributed by atoms with Gasteiger partial charge in [0.05, 0.1) is 30.0 Å². The zero-order valence-corrected chi connectivity index (χ0v) is 18.5. The highest BCUT2D eigenvalue weighted by Crippen LogP contribution is 2.42. The Morgan fingerprint density at radius 1 is 1.06 bits per heavy atom. The Kier molecular flexibility index (Phi) is 6.92. The van der Waals surface area contributed by atoms with E-state index in [0.29, 0.717) is 24.0 Å². The topological polar surface area (TPSA) is 107 Å². The first-order valence-corrected chi connectivity index (χ1v) is 10.7. The molecule has 5 unspecified atom stereocenters. The minimum absolute atomic E-state index is 0.109. The summed E-state index contributed by atoms with van der Waals surface area (Å²) in [5, 5.41) is 41.5. The molecule has 3 rings (SSSR count). The molecule has 31 heavy (non-hydrogen) atoms. The number of Topliss-reactive ketones (excluding diaryl/α,β-unsaturated/α-hetero) is 1. The summed E-state index contributed by atoms with van der Waals surface area (Å²) in [5.41, 5.74) is 3.33. The Labute approximate surface area is 183 Å². The van der Waals surface area contributed by atoms with Crippen LogP contribution in [0, 0.1) is 11.8 Å². The van der Waals surface area contributed by atoms with Crippen molar-refractivity contribution in [3.05, 3.63) is 52.8 Å². The SMILES string of the molecule is CC(C)=CCc1cc(C2=COC3C(CC=C(C)C)C(O)CC(O)C3C2=O)cc(O)c1O. The molecule has 0 radical (unpaired) electrons. The number of aliphatic hydroxyl groups is 2. The van der Waals surface area contributed by atoms with Crippen molar-refractivity contribution in [3.63, 3.8) is 0 Å². The minimum atomic E-state index is -1.02. The van der Waals surface area contributed by atoms with Gasteiger partial charge in [-0.25, -0.2) is 0 Å². The molecule has 6 heteroatoms. The number of benzene rings is 1. The van der Waals surface area contributed by atoms with E-state index in [1.165, 1.54) is 12.3 Å². The van der Waals surface area contributed by atoms with Crippen molar-refractivity contribution in [3.8, 4) is 11.5 Å². The van der Waals surface area contributed by atoms with Gasteiger partial charge in [-0.05, 0) is 58.2 Å². The summed E-state index contributed by atoms with van der Waals surface area (Å²) in [6.45, 7) is 7.81.